The Hall–Kier alpha value is -2.61. The van der Waals surface area contributed by atoms with Crippen LogP contribution in [0.15, 0.2) is 30.3 Å². The number of amides is 1. The zero-order chi connectivity index (χ0) is 13.7. The van der Waals surface area contributed by atoms with Crippen LogP contribution < -0.4 is 11.1 Å². The number of carbonyl (C=O) groups is 1. The molecule has 1 heterocycles. The minimum atomic E-state index is -0.325. The third-order valence-electron chi connectivity index (χ3n) is 2.74. The van der Waals surface area contributed by atoms with Gasteiger partial charge in [-0.25, -0.2) is 4.98 Å². The Morgan fingerprint density at radius 3 is 2.95 bits per heavy atom. The first-order valence-electron chi connectivity index (χ1n) is 6.03. The topological polar surface area (TPSA) is 91.8 Å². The van der Waals surface area contributed by atoms with Gasteiger partial charge in [-0.2, -0.15) is 5.26 Å². The van der Waals surface area contributed by atoms with Gasteiger partial charge in [-0.1, -0.05) is 18.2 Å². The molecule has 2 rings (SSSR count). The first-order valence-corrected chi connectivity index (χ1v) is 6.03. The van der Waals surface area contributed by atoms with Crippen molar-refractivity contribution in [2.75, 3.05) is 11.9 Å². The second kappa shape index (κ2) is 5.83. The van der Waals surface area contributed by atoms with Crippen LogP contribution in [0.1, 0.15) is 18.4 Å². The summed E-state index contributed by atoms with van der Waals surface area (Å²) in [6, 6.07) is 11.5. The minimum Gasteiger partial charge on any atom is -0.370 e. The number of nitrogens with zero attached hydrogens (tertiary/aromatic N) is 2. The molecule has 0 radical (unpaired) electrons. The maximum Gasteiger partial charge on any atom is 0.217 e. The van der Waals surface area contributed by atoms with Crippen molar-refractivity contribution in [3.63, 3.8) is 0 Å². The van der Waals surface area contributed by atoms with Crippen molar-refractivity contribution < 1.29 is 4.79 Å². The van der Waals surface area contributed by atoms with Crippen LogP contribution in [0.25, 0.3) is 10.9 Å². The minimum absolute atomic E-state index is 0.322. The van der Waals surface area contributed by atoms with Crippen LogP contribution in [0.5, 0.6) is 0 Å². The van der Waals surface area contributed by atoms with Crippen LogP contribution in [0.2, 0.25) is 0 Å². The number of para-hydroxylation sites is 1. The van der Waals surface area contributed by atoms with Crippen molar-refractivity contribution in [1.29, 1.82) is 5.26 Å². The maximum atomic E-state index is 10.6. The predicted octanol–water partition coefficient (Wildman–Crippen LogP) is 1.78. The largest absolute Gasteiger partial charge is 0.370 e. The predicted molar refractivity (Wildman–Crippen MR) is 73.4 cm³/mol. The molecule has 0 atom stereocenters. The summed E-state index contributed by atoms with van der Waals surface area (Å²) in [6.07, 6.45) is 0.942. The second-order valence-electron chi connectivity index (χ2n) is 4.19. The zero-order valence-electron chi connectivity index (χ0n) is 10.4. The Bertz CT molecular complexity index is 645. The van der Waals surface area contributed by atoms with E-state index in [1.807, 2.05) is 24.3 Å². The number of anilines is 1. The molecule has 19 heavy (non-hydrogen) atoms. The molecule has 1 aromatic carbocycles. The molecule has 0 bridgehead atoms. The first kappa shape index (κ1) is 12.8. The molecule has 0 spiro atoms. The molecule has 96 valence electrons. The van der Waals surface area contributed by atoms with Crippen LogP contribution in [0.3, 0.4) is 0 Å². The Labute approximate surface area is 111 Å². The molecule has 5 nitrogen and oxygen atoms in total. The highest BCUT2D eigenvalue weighted by atomic mass is 16.1. The second-order valence-corrected chi connectivity index (χ2v) is 4.19. The maximum absolute atomic E-state index is 10.6. The van der Waals surface area contributed by atoms with Gasteiger partial charge in [0, 0.05) is 18.4 Å². The molecule has 1 amide bonds. The fraction of sp³-hybridized carbons (Fsp3) is 0.214. The van der Waals surface area contributed by atoms with Gasteiger partial charge in [0.1, 0.15) is 11.9 Å². The number of hydrogen-bond acceptors (Lipinski definition) is 4. The van der Waals surface area contributed by atoms with E-state index >= 15 is 0 Å². The van der Waals surface area contributed by atoms with Gasteiger partial charge in [-0.05, 0) is 18.6 Å². The molecule has 5 heteroatoms. The van der Waals surface area contributed by atoms with E-state index in [9.17, 15) is 4.79 Å². The molecule has 0 fully saturated rings. The smallest absolute Gasteiger partial charge is 0.217 e. The number of benzene rings is 1. The number of nitriles is 1. The number of primary amides is 1. The molecule has 1 aromatic heterocycles. The third kappa shape index (κ3) is 3.19. The van der Waals surface area contributed by atoms with Gasteiger partial charge in [0.05, 0.1) is 11.1 Å². The average Bonchev–Trinajstić information content (AvgIpc) is 2.42. The molecule has 0 saturated heterocycles. The lowest BCUT2D eigenvalue weighted by molar-refractivity contribution is -0.118. The van der Waals surface area contributed by atoms with Gasteiger partial charge in [0.2, 0.25) is 5.91 Å². The highest BCUT2D eigenvalue weighted by molar-refractivity contribution is 5.82. The van der Waals surface area contributed by atoms with E-state index in [2.05, 4.69) is 16.4 Å². The van der Waals surface area contributed by atoms with Crippen LogP contribution in [-0.4, -0.2) is 17.4 Å². The molecule has 0 aliphatic heterocycles. The van der Waals surface area contributed by atoms with E-state index in [0.29, 0.717) is 30.8 Å². The number of fused-ring (bicyclic) bond motifs is 1. The fourth-order valence-electron chi connectivity index (χ4n) is 1.81. The molecule has 0 saturated carbocycles. The molecular formula is C14H14N4O. The van der Waals surface area contributed by atoms with E-state index in [1.165, 1.54) is 0 Å². The van der Waals surface area contributed by atoms with E-state index in [4.69, 9.17) is 11.0 Å². The summed E-state index contributed by atoms with van der Waals surface area (Å²) in [6.45, 7) is 0.558. The van der Waals surface area contributed by atoms with E-state index in [-0.39, 0.29) is 5.91 Å². The lowest BCUT2D eigenvalue weighted by Crippen LogP contribution is -2.13. The van der Waals surface area contributed by atoms with Crippen LogP contribution >= 0.6 is 0 Å². The van der Waals surface area contributed by atoms with Gasteiger partial charge < -0.3 is 11.1 Å². The first-order chi connectivity index (χ1) is 9.20. The molecule has 0 aliphatic carbocycles. The number of rotatable bonds is 5. The summed E-state index contributed by atoms with van der Waals surface area (Å²) in [7, 11) is 0. The van der Waals surface area contributed by atoms with Gasteiger partial charge in [-0.15, -0.1) is 0 Å². The number of nitrogens with two attached hydrogens (primary N) is 1. The summed E-state index contributed by atoms with van der Waals surface area (Å²) in [4.78, 5) is 15.0. The Kier molecular flexibility index (Phi) is 3.94. The van der Waals surface area contributed by atoms with Crippen LogP contribution in [-0.2, 0) is 4.79 Å². The lowest BCUT2D eigenvalue weighted by atomic mass is 10.1. The van der Waals surface area contributed by atoms with Gasteiger partial charge in [0.25, 0.3) is 0 Å². The average molecular weight is 254 g/mol. The summed E-state index contributed by atoms with van der Waals surface area (Å²) in [5, 5.41) is 13.1. The van der Waals surface area contributed by atoms with E-state index < -0.39 is 0 Å². The number of pyridine rings is 1. The zero-order valence-corrected chi connectivity index (χ0v) is 10.4. The molecular weight excluding hydrogens is 240 g/mol. The third-order valence-corrected chi connectivity index (χ3v) is 2.74. The molecule has 0 aliphatic rings. The fourth-order valence-corrected chi connectivity index (χ4v) is 1.81. The SMILES string of the molecule is N#Cc1cc2ccccc2nc1NCCCC(N)=O. The number of nitrogens with one attached hydrogen (secondary N) is 1. The normalized spacial score (nSPS) is 10.1. The molecule has 0 unspecified atom stereocenters. The Morgan fingerprint density at radius 1 is 1.42 bits per heavy atom. The quantitative estimate of drug-likeness (QED) is 0.795. The van der Waals surface area contributed by atoms with Crippen molar-refractivity contribution in [3.05, 3.63) is 35.9 Å². The van der Waals surface area contributed by atoms with E-state index in [0.717, 1.165) is 10.9 Å². The van der Waals surface area contributed by atoms with Crippen molar-refractivity contribution in [2.24, 2.45) is 5.73 Å². The number of hydrogen-bond donors (Lipinski definition) is 2. The summed E-state index contributed by atoms with van der Waals surface area (Å²) >= 11 is 0. The number of carbonyl (C=O) groups excluding carboxylic acids is 1. The van der Waals surface area contributed by atoms with Crippen LogP contribution in [0, 0.1) is 11.3 Å². The number of aromatic nitrogens is 1. The van der Waals surface area contributed by atoms with Gasteiger partial charge >= 0.3 is 0 Å². The van der Waals surface area contributed by atoms with Crippen molar-refractivity contribution in [1.82, 2.24) is 4.98 Å². The standard InChI is InChI=1S/C14H14N4O/c15-9-11-8-10-4-1-2-5-12(10)18-14(11)17-7-3-6-13(16)19/h1-2,4-5,8H,3,6-7H2,(H2,16,19)(H,17,18). The van der Waals surface area contributed by atoms with Crippen molar-refractivity contribution in [3.8, 4) is 6.07 Å². The van der Waals surface area contributed by atoms with Gasteiger partial charge in [0.15, 0.2) is 0 Å². The Morgan fingerprint density at radius 2 is 2.21 bits per heavy atom. The highest BCUT2D eigenvalue weighted by Gasteiger charge is 2.06. The monoisotopic (exact) mass is 254 g/mol. The summed E-state index contributed by atoms with van der Waals surface area (Å²) in [5.41, 5.74) is 6.40. The van der Waals surface area contributed by atoms with Crippen LogP contribution in [0.4, 0.5) is 5.82 Å². The van der Waals surface area contributed by atoms with Crippen molar-refractivity contribution in [2.45, 2.75) is 12.8 Å². The summed E-state index contributed by atoms with van der Waals surface area (Å²) in [5.74, 6) is 0.222. The molecule has 2 aromatic rings. The summed E-state index contributed by atoms with van der Waals surface area (Å²) < 4.78 is 0. The van der Waals surface area contributed by atoms with Crippen molar-refractivity contribution >= 4 is 22.6 Å². The lowest BCUT2D eigenvalue weighted by Gasteiger charge is -2.08. The van der Waals surface area contributed by atoms with Gasteiger partial charge in [-0.3, -0.25) is 4.79 Å². The van der Waals surface area contributed by atoms with E-state index in [1.54, 1.807) is 6.07 Å². The molecule has 3 N–H and O–H groups in total. The highest BCUT2D eigenvalue weighted by Crippen LogP contribution is 2.19. The Balaban J connectivity index is 2.17.